The molecule has 2 aromatic carbocycles. The average molecular weight is 312 g/mol. The Morgan fingerprint density at radius 2 is 1.40 bits per heavy atom. The Balaban J connectivity index is 2.11. The topological polar surface area (TPSA) is 9.23 Å². The van der Waals surface area contributed by atoms with E-state index >= 15 is 0 Å². The second-order valence-corrected chi connectivity index (χ2v) is 6.36. The molecule has 0 heterocycles. The van der Waals surface area contributed by atoms with Crippen LogP contribution in [-0.2, 0) is 0 Å². The molecule has 0 radical (unpaired) electrons. The summed E-state index contributed by atoms with van der Waals surface area (Å²) in [7, 11) is 1.70. The van der Waals surface area contributed by atoms with Gasteiger partial charge in [-0.2, -0.15) is 0 Å². The van der Waals surface area contributed by atoms with E-state index in [0.29, 0.717) is 0 Å². The van der Waals surface area contributed by atoms with Crippen LogP contribution in [0.4, 0.5) is 0 Å². The van der Waals surface area contributed by atoms with Crippen molar-refractivity contribution in [1.29, 1.82) is 0 Å². The van der Waals surface area contributed by atoms with Crippen molar-refractivity contribution in [3.8, 4) is 5.75 Å². The summed E-state index contributed by atoms with van der Waals surface area (Å²) in [5.41, 5.74) is 0. The molecule has 0 spiro atoms. The van der Waals surface area contributed by atoms with Gasteiger partial charge in [0, 0.05) is 0 Å². The van der Waals surface area contributed by atoms with Crippen LogP contribution in [0.1, 0.15) is 0 Å². The third-order valence-corrected chi connectivity index (χ3v) is 4.94. The van der Waals surface area contributed by atoms with E-state index in [1.165, 1.54) is 7.22 Å². The van der Waals surface area contributed by atoms with Crippen molar-refractivity contribution in [2.75, 3.05) is 7.11 Å². The molecule has 0 amide bonds. The molecular weight excluding hydrogens is 300 g/mol. The monoisotopic (exact) mass is 314 g/mol. The Morgan fingerprint density at radius 1 is 0.800 bits per heavy atom. The molecule has 2 heteroatoms. The molecule has 1 nitrogen and oxygen atoms in total. The third kappa shape index (κ3) is 2.99. The normalized spacial score (nSPS) is 9.93. The first-order valence-electron chi connectivity index (χ1n) is 4.75. The summed E-state index contributed by atoms with van der Waals surface area (Å²) in [5.74, 6) is 0.930. The summed E-state index contributed by atoms with van der Waals surface area (Å²) in [4.78, 5) is 0. The minimum atomic E-state index is -0.231. The molecule has 2 rings (SSSR count). The van der Waals surface area contributed by atoms with Gasteiger partial charge >= 0.3 is 100 Å². The van der Waals surface area contributed by atoms with Crippen molar-refractivity contribution >= 4 is 28.1 Å². The molecule has 0 aliphatic heterocycles. The molecule has 76 valence electrons. The van der Waals surface area contributed by atoms with Gasteiger partial charge in [0.1, 0.15) is 0 Å². The van der Waals surface area contributed by atoms with Gasteiger partial charge in [0.25, 0.3) is 0 Å². The van der Waals surface area contributed by atoms with Crippen LogP contribution < -0.4 is 12.0 Å². The SMILES string of the molecule is COc1ccc([Te]c2ccccc2)cc1. The van der Waals surface area contributed by atoms with Crippen LogP contribution >= 0.6 is 0 Å². The molecule has 0 bridgehead atoms. The Morgan fingerprint density at radius 3 is 2.00 bits per heavy atom. The van der Waals surface area contributed by atoms with E-state index in [0.717, 1.165) is 5.75 Å². The fraction of sp³-hybridized carbons (Fsp3) is 0.0769. The predicted molar refractivity (Wildman–Crippen MR) is 64.5 cm³/mol. The van der Waals surface area contributed by atoms with Gasteiger partial charge in [0.2, 0.25) is 0 Å². The Bertz CT molecular complexity index is 408. The molecule has 0 unspecified atom stereocenters. The van der Waals surface area contributed by atoms with Crippen LogP contribution in [-0.4, -0.2) is 28.0 Å². The van der Waals surface area contributed by atoms with E-state index in [1.807, 2.05) is 12.1 Å². The first-order valence-corrected chi connectivity index (χ1v) is 7.08. The Labute approximate surface area is 100 Å². The van der Waals surface area contributed by atoms with Crippen molar-refractivity contribution in [3.63, 3.8) is 0 Å². The van der Waals surface area contributed by atoms with E-state index in [9.17, 15) is 0 Å². The van der Waals surface area contributed by atoms with Gasteiger partial charge in [0.15, 0.2) is 0 Å². The molecule has 2 aromatic rings. The number of hydrogen-bond donors (Lipinski definition) is 0. The summed E-state index contributed by atoms with van der Waals surface area (Å²) in [6.07, 6.45) is 0. The molecule has 0 atom stereocenters. The van der Waals surface area contributed by atoms with Gasteiger partial charge in [0.05, 0.1) is 0 Å². The molecule has 0 aliphatic carbocycles. The maximum absolute atomic E-state index is 5.13. The Hall–Kier alpha value is -0.970. The zero-order valence-corrected chi connectivity index (χ0v) is 10.8. The van der Waals surface area contributed by atoms with Crippen LogP contribution in [0, 0.1) is 0 Å². The van der Waals surface area contributed by atoms with E-state index in [-0.39, 0.29) is 20.9 Å². The summed E-state index contributed by atoms with van der Waals surface area (Å²) in [5, 5.41) is 0. The first-order chi connectivity index (χ1) is 7.38. The fourth-order valence-electron chi connectivity index (χ4n) is 1.27. The number of hydrogen-bond acceptors (Lipinski definition) is 1. The molecule has 0 aliphatic rings. The molecule has 0 aromatic heterocycles. The van der Waals surface area contributed by atoms with Crippen LogP contribution in [0.5, 0.6) is 5.75 Å². The summed E-state index contributed by atoms with van der Waals surface area (Å²) in [6, 6.07) is 19.0. The Kier molecular flexibility index (Phi) is 3.66. The second-order valence-electron chi connectivity index (χ2n) is 3.09. The number of benzene rings is 2. The van der Waals surface area contributed by atoms with Crippen LogP contribution in [0.3, 0.4) is 0 Å². The molecule has 0 N–H and O–H groups in total. The maximum atomic E-state index is 5.13. The summed E-state index contributed by atoms with van der Waals surface area (Å²) >= 11 is -0.231. The molecule has 15 heavy (non-hydrogen) atoms. The molecular formula is C13H12OTe. The first kappa shape index (κ1) is 10.5. The third-order valence-electron chi connectivity index (χ3n) is 2.04. The van der Waals surface area contributed by atoms with E-state index in [4.69, 9.17) is 4.74 Å². The van der Waals surface area contributed by atoms with E-state index in [2.05, 4.69) is 42.5 Å². The van der Waals surface area contributed by atoms with Crippen molar-refractivity contribution < 1.29 is 4.74 Å². The van der Waals surface area contributed by atoms with Gasteiger partial charge in [-0.25, -0.2) is 0 Å². The standard InChI is InChI=1S/C13H12OTe/c1-14-11-7-9-13(10-8-11)15-12-5-3-2-4-6-12/h2-10H,1H3. The zero-order valence-electron chi connectivity index (χ0n) is 8.51. The second kappa shape index (κ2) is 5.21. The number of methoxy groups -OCH3 is 1. The zero-order chi connectivity index (χ0) is 10.5. The van der Waals surface area contributed by atoms with Crippen LogP contribution in [0.2, 0.25) is 0 Å². The van der Waals surface area contributed by atoms with Crippen LogP contribution in [0.15, 0.2) is 54.6 Å². The van der Waals surface area contributed by atoms with E-state index in [1.54, 1.807) is 7.11 Å². The van der Waals surface area contributed by atoms with Gasteiger partial charge in [-0.3, -0.25) is 0 Å². The van der Waals surface area contributed by atoms with Crippen molar-refractivity contribution in [3.05, 3.63) is 54.6 Å². The predicted octanol–water partition coefficient (Wildman–Crippen LogP) is 1.35. The van der Waals surface area contributed by atoms with Gasteiger partial charge in [-0.1, -0.05) is 0 Å². The van der Waals surface area contributed by atoms with Gasteiger partial charge in [-0.15, -0.1) is 0 Å². The van der Waals surface area contributed by atoms with Gasteiger partial charge in [-0.05, 0) is 0 Å². The van der Waals surface area contributed by atoms with Gasteiger partial charge < -0.3 is 0 Å². The minimum absolute atomic E-state index is 0.231. The molecule has 0 saturated carbocycles. The fourth-order valence-corrected chi connectivity index (χ4v) is 3.66. The van der Waals surface area contributed by atoms with Crippen molar-refractivity contribution in [1.82, 2.24) is 0 Å². The summed E-state index contributed by atoms with van der Waals surface area (Å²) < 4.78 is 8.04. The molecule has 0 fully saturated rings. The number of ether oxygens (including phenoxy) is 1. The number of rotatable bonds is 3. The average Bonchev–Trinajstić information content (AvgIpc) is 2.31. The van der Waals surface area contributed by atoms with E-state index < -0.39 is 0 Å². The van der Waals surface area contributed by atoms with Crippen molar-refractivity contribution in [2.24, 2.45) is 0 Å². The summed E-state index contributed by atoms with van der Waals surface area (Å²) in [6.45, 7) is 0. The molecule has 0 saturated heterocycles. The van der Waals surface area contributed by atoms with Crippen molar-refractivity contribution in [2.45, 2.75) is 0 Å². The quantitative estimate of drug-likeness (QED) is 0.778. The van der Waals surface area contributed by atoms with Crippen LogP contribution in [0.25, 0.3) is 0 Å².